The molecule has 0 radical (unpaired) electrons. The molecule has 1 aromatic carbocycles. The van der Waals surface area contributed by atoms with Crippen LogP contribution in [0.25, 0.3) is 5.57 Å². The molecule has 0 aromatic heterocycles. The van der Waals surface area contributed by atoms with Gasteiger partial charge in [-0.25, -0.2) is 4.79 Å². The lowest BCUT2D eigenvalue weighted by Gasteiger charge is -2.30. The van der Waals surface area contributed by atoms with Crippen LogP contribution in [-0.2, 0) is 9.59 Å². The molecule has 1 heterocycles. The van der Waals surface area contributed by atoms with Crippen LogP contribution in [0.15, 0.2) is 30.3 Å². The van der Waals surface area contributed by atoms with Gasteiger partial charge in [0.2, 0.25) is 0 Å². The molecule has 1 aromatic rings. The van der Waals surface area contributed by atoms with E-state index >= 15 is 0 Å². The van der Waals surface area contributed by atoms with Crippen LogP contribution in [0.1, 0.15) is 24.8 Å². The SMILES string of the molecule is O=C(O)C=C1C(=O)N(CC2CCC2)c2ccccc21. The maximum absolute atomic E-state index is 12.4. The first-order valence-corrected chi connectivity index (χ1v) is 6.52. The number of carboxylic acid groups (broad SMARTS) is 1. The second-order valence-corrected chi connectivity index (χ2v) is 5.13. The van der Waals surface area contributed by atoms with Crippen LogP contribution in [0.5, 0.6) is 0 Å². The molecule has 98 valence electrons. The molecule has 1 amide bonds. The highest BCUT2D eigenvalue weighted by Gasteiger charge is 2.34. The Bertz CT molecular complexity index is 573. The number of benzene rings is 1. The van der Waals surface area contributed by atoms with Gasteiger partial charge in [-0.05, 0) is 24.8 Å². The molecule has 3 rings (SSSR count). The minimum atomic E-state index is -1.08. The third kappa shape index (κ3) is 2.03. The van der Waals surface area contributed by atoms with Gasteiger partial charge < -0.3 is 10.0 Å². The van der Waals surface area contributed by atoms with Crippen LogP contribution in [0, 0.1) is 5.92 Å². The Morgan fingerprint density at radius 3 is 2.74 bits per heavy atom. The van der Waals surface area contributed by atoms with Crippen molar-refractivity contribution in [1.82, 2.24) is 0 Å². The van der Waals surface area contributed by atoms with Crippen molar-refractivity contribution in [3.8, 4) is 0 Å². The number of carboxylic acids is 1. The lowest BCUT2D eigenvalue weighted by Crippen LogP contribution is -2.34. The Morgan fingerprint density at radius 2 is 2.11 bits per heavy atom. The molecule has 1 N–H and O–H groups in total. The molecule has 0 bridgehead atoms. The maximum atomic E-state index is 12.4. The molecule has 1 aliphatic heterocycles. The predicted molar refractivity (Wildman–Crippen MR) is 71.7 cm³/mol. The summed E-state index contributed by atoms with van der Waals surface area (Å²) in [4.78, 5) is 25.0. The van der Waals surface area contributed by atoms with Crippen LogP contribution in [0.3, 0.4) is 0 Å². The molecule has 1 aliphatic carbocycles. The molecular weight excluding hydrogens is 242 g/mol. The van der Waals surface area contributed by atoms with Gasteiger partial charge in [0.05, 0.1) is 11.3 Å². The maximum Gasteiger partial charge on any atom is 0.329 e. The van der Waals surface area contributed by atoms with E-state index in [1.807, 2.05) is 24.3 Å². The zero-order chi connectivity index (χ0) is 13.4. The predicted octanol–water partition coefficient (Wildman–Crippen LogP) is 2.30. The van der Waals surface area contributed by atoms with E-state index < -0.39 is 5.97 Å². The number of hydrogen-bond donors (Lipinski definition) is 1. The van der Waals surface area contributed by atoms with E-state index in [0.717, 1.165) is 30.2 Å². The van der Waals surface area contributed by atoms with Crippen molar-refractivity contribution in [1.29, 1.82) is 0 Å². The van der Waals surface area contributed by atoms with Crippen LogP contribution < -0.4 is 4.90 Å². The van der Waals surface area contributed by atoms with Gasteiger partial charge in [0, 0.05) is 18.2 Å². The van der Waals surface area contributed by atoms with E-state index in [-0.39, 0.29) is 5.91 Å². The summed E-state index contributed by atoms with van der Waals surface area (Å²) in [7, 11) is 0. The highest BCUT2D eigenvalue weighted by atomic mass is 16.4. The van der Waals surface area contributed by atoms with Gasteiger partial charge in [-0.15, -0.1) is 0 Å². The molecule has 4 heteroatoms. The molecular formula is C15H15NO3. The van der Waals surface area contributed by atoms with Crippen molar-refractivity contribution in [3.05, 3.63) is 35.9 Å². The first-order valence-electron chi connectivity index (χ1n) is 6.52. The highest BCUT2D eigenvalue weighted by Crippen LogP contribution is 2.39. The largest absolute Gasteiger partial charge is 0.478 e. The average Bonchev–Trinajstić information content (AvgIpc) is 2.58. The van der Waals surface area contributed by atoms with Gasteiger partial charge in [-0.1, -0.05) is 24.6 Å². The van der Waals surface area contributed by atoms with Gasteiger partial charge in [0.1, 0.15) is 0 Å². The first kappa shape index (κ1) is 12.0. The number of carbonyl (C=O) groups is 2. The number of hydrogen-bond acceptors (Lipinski definition) is 2. The summed E-state index contributed by atoms with van der Waals surface area (Å²) < 4.78 is 0. The molecule has 1 saturated carbocycles. The fraction of sp³-hybridized carbons (Fsp3) is 0.333. The summed E-state index contributed by atoms with van der Waals surface area (Å²) in [5.41, 5.74) is 1.86. The monoisotopic (exact) mass is 257 g/mol. The van der Waals surface area contributed by atoms with E-state index in [2.05, 4.69) is 0 Å². The number of carbonyl (C=O) groups excluding carboxylic acids is 1. The summed E-state index contributed by atoms with van der Waals surface area (Å²) in [5.74, 6) is -0.708. The summed E-state index contributed by atoms with van der Waals surface area (Å²) in [6.07, 6.45) is 4.56. The molecule has 0 unspecified atom stereocenters. The molecule has 1 fully saturated rings. The fourth-order valence-electron chi connectivity index (χ4n) is 2.68. The molecule has 2 aliphatic rings. The van der Waals surface area contributed by atoms with Crippen LogP contribution in [0.4, 0.5) is 5.69 Å². The van der Waals surface area contributed by atoms with Crippen molar-refractivity contribution in [2.45, 2.75) is 19.3 Å². The normalized spacial score (nSPS) is 20.5. The number of amides is 1. The minimum absolute atomic E-state index is 0.185. The van der Waals surface area contributed by atoms with Crippen molar-refractivity contribution >= 4 is 23.1 Å². The molecule has 4 nitrogen and oxygen atoms in total. The van der Waals surface area contributed by atoms with E-state index in [0.29, 0.717) is 18.0 Å². The Balaban J connectivity index is 1.98. The summed E-state index contributed by atoms with van der Waals surface area (Å²) in [6.45, 7) is 0.701. The second kappa shape index (κ2) is 4.53. The van der Waals surface area contributed by atoms with Gasteiger partial charge in [-0.3, -0.25) is 4.79 Å². The quantitative estimate of drug-likeness (QED) is 0.845. The van der Waals surface area contributed by atoms with E-state index in [1.165, 1.54) is 6.42 Å². The zero-order valence-corrected chi connectivity index (χ0v) is 10.5. The molecule has 19 heavy (non-hydrogen) atoms. The van der Waals surface area contributed by atoms with Crippen molar-refractivity contribution in [3.63, 3.8) is 0 Å². The standard InChI is InChI=1S/C15H15NO3/c17-14(18)8-12-11-6-1-2-7-13(11)16(15(12)19)9-10-4-3-5-10/h1-2,6-8,10H,3-5,9H2,(H,17,18). The van der Waals surface area contributed by atoms with Crippen molar-refractivity contribution < 1.29 is 14.7 Å². The summed E-state index contributed by atoms with van der Waals surface area (Å²) >= 11 is 0. The van der Waals surface area contributed by atoms with Crippen LogP contribution >= 0.6 is 0 Å². The molecule has 0 spiro atoms. The topological polar surface area (TPSA) is 57.6 Å². The number of fused-ring (bicyclic) bond motifs is 1. The molecule has 0 atom stereocenters. The Morgan fingerprint density at radius 1 is 1.37 bits per heavy atom. The van der Waals surface area contributed by atoms with Gasteiger partial charge in [-0.2, -0.15) is 0 Å². The summed E-state index contributed by atoms with van der Waals surface area (Å²) in [5, 5.41) is 8.90. The Labute approximate surface area is 111 Å². The third-order valence-electron chi connectivity index (χ3n) is 3.89. The lowest BCUT2D eigenvalue weighted by atomic mass is 9.85. The number of para-hydroxylation sites is 1. The van der Waals surface area contributed by atoms with Gasteiger partial charge >= 0.3 is 5.97 Å². The van der Waals surface area contributed by atoms with Crippen molar-refractivity contribution in [2.75, 3.05) is 11.4 Å². The minimum Gasteiger partial charge on any atom is -0.478 e. The number of rotatable bonds is 3. The lowest BCUT2D eigenvalue weighted by molar-refractivity contribution is -0.131. The second-order valence-electron chi connectivity index (χ2n) is 5.13. The first-order chi connectivity index (χ1) is 9.16. The van der Waals surface area contributed by atoms with Crippen LogP contribution in [0.2, 0.25) is 0 Å². The molecule has 0 saturated heterocycles. The van der Waals surface area contributed by atoms with E-state index in [4.69, 9.17) is 5.11 Å². The fourth-order valence-corrected chi connectivity index (χ4v) is 2.68. The third-order valence-corrected chi connectivity index (χ3v) is 3.89. The van der Waals surface area contributed by atoms with Gasteiger partial charge in [0.25, 0.3) is 5.91 Å². The summed E-state index contributed by atoms with van der Waals surface area (Å²) in [6, 6.07) is 7.40. The smallest absolute Gasteiger partial charge is 0.329 e. The zero-order valence-electron chi connectivity index (χ0n) is 10.5. The van der Waals surface area contributed by atoms with Crippen molar-refractivity contribution in [2.24, 2.45) is 5.92 Å². The Kier molecular flexibility index (Phi) is 2.85. The van der Waals surface area contributed by atoms with E-state index in [9.17, 15) is 9.59 Å². The van der Waals surface area contributed by atoms with Crippen LogP contribution in [-0.4, -0.2) is 23.5 Å². The van der Waals surface area contributed by atoms with Gasteiger partial charge in [0.15, 0.2) is 0 Å². The number of nitrogens with zero attached hydrogens (tertiary/aromatic N) is 1. The Hall–Kier alpha value is -2.10. The van der Waals surface area contributed by atoms with E-state index in [1.54, 1.807) is 4.90 Å². The number of anilines is 1. The average molecular weight is 257 g/mol. The highest BCUT2D eigenvalue weighted by molar-refractivity contribution is 6.34. The number of aliphatic carboxylic acids is 1.